The Morgan fingerprint density at radius 3 is 2.54 bits per heavy atom. The monoisotopic (exact) mass is 351 g/mol. The number of aromatic amines is 1. The molecule has 0 bridgehead atoms. The second kappa shape index (κ2) is 8.24. The lowest BCUT2D eigenvalue weighted by atomic mass is 9.96. The highest BCUT2D eigenvalue weighted by molar-refractivity contribution is 5.96. The van der Waals surface area contributed by atoms with Gasteiger partial charge in [0.1, 0.15) is 11.7 Å². The summed E-state index contributed by atoms with van der Waals surface area (Å²) in [6.07, 6.45) is 1.45. The molecule has 26 heavy (non-hydrogen) atoms. The van der Waals surface area contributed by atoms with Gasteiger partial charge in [0.25, 0.3) is 0 Å². The van der Waals surface area contributed by atoms with Crippen molar-refractivity contribution in [2.24, 2.45) is 0 Å². The van der Waals surface area contributed by atoms with Crippen LogP contribution in [-0.4, -0.2) is 33.6 Å². The normalized spacial score (nSPS) is 11.8. The molecule has 0 saturated carbocycles. The van der Waals surface area contributed by atoms with Gasteiger partial charge in [0.05, 0.1) is 12.8 Å². The zero-order valence-electron chi connectivity index (χ0n) is 14.8. The fraction of sp³-hybridized carbons (Fsp3) is 0.263. The van der Waals surface area contributed by atoms with Crippen LogP contribution in [0.3, 0.4) is 0 Å². The van der Waals surface area contributed by atoms with Crippen LogP contribution >= 0.6 is 0 Å². The number of hydrogen-bond acceptors (Lipinski definition) is 5. The zero-order chi connectivity index (χ0) is 18.4. The standard InChI is InChI=1S/C19H21N5O2/c1-3-13-8-10-14(11-9-13)12-15(18-21-23-24-22-18)19(25)20-16-6-4-5-7-17(16)26-2/h4-11,15H,3,12H2,1-2H3,(H,20,25)(H,21,22,23,24). The van der Waals surface area contributed by atoms with Crippen molar-refractivity contribution < 1.29 is 9.53 Å². The van der Waals surface area contributed by atoms with E-state index < -0.39 is 5.92 Å². The van der Waals surface area contributed by atoms with E-state index in [9.17, 15) is 4.79 Å². The lowest BCUT2D eigenvalue weighted by molar-refractivity contribution is -0.117. The highest BCUT2D eigenvalue weighted by Crippen LogP contribution is 2.26. The molecule has 2 N–H and O–H groups in total. The summed E-state index contributed by atoms with van der Waals surface area (Å²) < 4.78 is 5.30. The van der Waals surface area contributed by atoms with Crippen molar-refractivity contribution in [3.63, 3.8) is 0 Å². The molecular formula is C19H21N5O2. The van der Waals surface area contributed by atoms with Gasteiger partial charge >= 0.3 is 0 Å². The molecule has 2 aromatic carbocycles. The second-order valence-corrected chi connectivity index (χ2v) is 5.89. The molecule has 1 atom stereocenters. The molecule has 0 saturated heterocycles. The molecule has 0 radical (unpaired) electrons. The predicted octanol–water partition coefficient (Wildman–Crippen LogP) is 2.74. The first-order valence-corrected chi connectivity index (χ1v) is 8.46. The number of para-hydroxylation sites is 2. The van der Waals surface area contributed by atoms with E-state index in [4.69, 9.17) is 4.74 Å². The van der Waals surface area contributed by atoms with Crippen molar-refractivity contribution in [1.29, 1.82) is 0 Å². The van der Waals surface area contributed by atoms with Gasteiger partial charge in [-0.3, -0.25) is 4.79 Å². The van der Waals surface area contributed by atoms with E-state index in [0.29, 0.717) is 23.7 Å². The molecule has 1 amide bonds. The quantitative estimate of drug-likeness (QED) is 0.683. The number of benzene rings is 2. The fourth-order valence-electron chi connectivity index (χ4n) is 2.73. The Morgan fingerprint density at radius 1 is 1.15 bits per heavy atom. The molecule has 0 spiro atoms. The first kappa shape index (κ1) is 17.6. The minimum absolute atomic E-state index is 0.213. The van der Waals surface area contributed by atoms with Crippen molar-refractivity contribution in [2.75, 3.05) is 12.4 Å². The maximum atomic E-state index is 12.9. The Morgan fingerprint density at radius 2 is 1.88 bits per heavy atom. The van der Waals surface area contributed by atoms with Crippen molar-refractivity contribution >= 4 is 11.6 Å². The molecule has 0 aliphatic heterocycles. The van der Waals surface area contributed by atoms with Gasteiger partial charge in [-0.05, 0) is 36.1 Å². The average molecular weight is 351 g/mol. The topological polar surface area (TPSA) is 92.8 Å². The molecule has 3 rings (SSSR count). The number of rotatable bonds is 7. The predicted molar refractivity (Wildman–Crippen MR) is 98.1 cm³/mol. The number of nitrogens with zero attached hydrogens (tertiary/aromatic N) is 3. The summed E-state index contributed by atoms with van der Waals surface area (Å²) in [6, 6.07) is 15.5. The first-order valence-electron chi connectivity index (χ1n) is 8.46. The number of amides is 1. The van der Waals surface area contributed by atoms with Gasteiger partial charge in [-0.15, -0.1) is 10.2 Å². The number of aromatic nitrogens is 4. The summed E-state index contributed by atoms with van der Waals surface area (Å²) in [7, 11) is 1.57. The van der Waals surface area contributed by atoms with Crippen LogP contribution in [0.1, 0.15) is 29.8 Å². The SMILES string of the molecule is CCc1ccc(CC(C(=O)Nc2ccccc2OC)c2nn[nH]n2)cc1. The molecule has 0 aliphatic carbocycles. The van der Waals surface area contributed by atoms with Crippen LogP contribution < -0.4 is 10.1 Å². The second-order valence-electron chi connectivity index (χ2n) is 5.89. The van der Waals surface area contributed by atoms with E-state index in [-0.39, 0.29) is 5.91 Å². The number of H-pyrrole nitrogens is 1. The summed E-state index contributed by atoms with van der Waals surface area (Å²) in [5, 5.41) is 16.9. The van der Waals surface area contributed by atoms with Gasteiger partial charge in [0, 0.05) is 0 Å². The highest BCUT2D eigenvalue weighted by Gasteiger charge is 2.26. The van der Waals surface area contributed by atoms with Crippen LogP contribution in [0.2, 0.25) is 0 Å². The lowest BCUT2D eigenvalue weighted by Gasteiger charge is -2.15. The summed E-state index contributed by atoms with van der Waals surface area (Å²) >= 11 is 0. The third-order valence-electron chi connectivity index (χ3n) is 4.23. The van der Waals surface area contributed by atoms with Gasteiger partial charge in [-0.25, -0.2) is 0 Å². The number of ether oxygens (including phenoxy) is 1. The number of carbonyl (C=O) groups excluding carboxylic acids is 1. The Kier molecular flexibility index (Phi) is 5.58. The van der Waals surface area contributed by atoms with Crippen LogP contribution in [0, 0.1) is 0 Å². The van der Waals surface area contributed by atoms with Crippen LogP contribution in [0.5, 0.6) is 5.75 Å². The van der Waals surface area contributed by atoms with E-state index in [0.717, 1.165) is 12.0 Å². The van der Waals surface area contributed by atoms with Crippen molar-refractivity contribution in [1.82, 2.24) is 20.6 Å². The maximum Gasteiger partial charge on any atom is 0.235 e. The minimum atomic E-state index is -0.564. The molecular weight excluding hydrogens is 330 g/mol. The van der Waals surface area contributed by atoms with E-state index in [2.05, 4.69) is 45.0 Å². The Bertz CT molecular complexity index is 847. The number of tetrazole rings is 1. The van der Waals surface area contributed by atoms with E-state index in [1.54, 1.807) is 19.2 Å². The lowest BCUT2D eigenvalue weighted by Crippen LogP contribution is -2.24. The molecule has 1 unspecified atom stereocenters. The van der Waals surface area contributed by atoms with Crippen LogP contribution in [0.15, 0.2) is 48.5 Å². The average Bonchev–Trinajstić information content (AvgIpc) is 3.21. The number of aryl methyl sites for hydroxylation is 1. The zero-order valence-corrected chi connectivity index (χ0v) is 14.8. The third-order valence-corrected chi connectivity index (χ3v) is 4.23. The van der Waals surface area contributed by atoms with E-state index >= 15 is 0 Å². The minimum Gasteiger partial charge on any atom is -0.495 e. The molecule has 3 aromatic rings. The number of nitrogens with one attached hydrogen (secondary N) is 2. The third kappa shape index (κ3) is 4.05. The van der Waals surface area contributed by atoms with Crippen LogP contribution in [0.25, 0.3) is 0 Å². The molecule has 0 fully saturated rings. The fourth-order valence-corrected chi connectivity index (χ4v) is 2.73. The Hall–Kier alpha value is -3.22. The maximum absolute atomic E-state index is 12.9. The van der Waals surface area contributed by atoms with Gasteiger partial charge < -0.3 is 10.1 Å². The van der Waals surface area contributed by atoms with Gasteiger partial charge in [0.15, 0.2) is 5.82 Å². The van der Waals surface area contributed by atoms with E-state index in [1.807, 2.05) is 24.3 Å². The molecule has 7 heteroatoms. The van der Waals surface area contributed by atoms with Crippen LogP contribution in [-0.2, 0) is 17.6 Å². The molecule has 7 nitrogen and oxygen atoms in total. The number of anilines is 1. The van der Waals surface area contributed by atoms with Gasteiger partial charge in [-0.2, -0.15) is 5.21 Å². The number of hydrogen-bond donors (Lipinski definition) is 2. The first-order chi connectivity index (χ1) is 12.7. The largest absolute Gasteiger partial charge is 0.495 e. The number of methoxy groups -OCH3 is 1. The number of carbonyl (C=O) groups is 1. The Labute approximate surface area is 151 Å². The molecule has 1 aromatic heterocycles. The molecule has 134 valence electrons. The van der Waals surface area contributed by atoms with Gasteiger partial charge in [-0.1, -0.05) is 48.5 Å². The van der Waals surface area contributed by atoms with Crippen LogP contribution in [0.4, 0.5) is 5.69 Å². The van der Waals surface area contributed by atoms with Crippen molar-refractivity contribution in [3.05, 3.63) is 65.5 Å². The van der Waals surface area contributed by atoms with E-state index in [1.165, 1.54) is 5.56 Å². The summed E-state index contributed by atoms with van der Waals surface area (Å²) in [6.45, 7) is 2.11. The van der Waals surface area contributed by atoms with Crippen molar-refractivity contribution in [3.8, 4) is 5.75 Å². The Balaban J connectivity index is 1.82. The van der Waals surface area contributed by atoms with Gasteiger partial charge in [0.2, 0.25) is 5.91 Å². The van der Waals surface area contributed by atoms with Crippen molar-refractivity contribution in [2.45, 2.75) is 25.7 Å². The highest BCUT2D eigenvalue weighted by atomic mass is 16.5. The smallest absolute Gasteiger partial charge is 0.235 e. The summed E-state index contributed by atoms with van der Waals surface area (Å²) in [5.41, 5.74) is 2.89. The molecule has 1 heterocycles. The summed E-state index contributed by atoms with van der Waals surface area (Å²) in [4.78, 5) is 12.9. The summed E-state index contributed by atoms with van der Waals surface area (Å²) in [5.74, 6) is 0.179. The molecule has 0 aliphatic rings.